The summed E-state index contributed by atoms with van der Waals surface area (Å²) in [6, 6.07) is 0.834. The predicted molar refractivity (Wildman–Crippen MR) is 102 cm³/mol. The average molecular weight is 354 g/mol. The van der Waals surface area contributed by atoms with Gasteiger partial charge in [0.15, 0.2) is 0 Å². The van der Waals surface area contributed by atoms with Gasteiger partial charge in [0.2, 0.25) is 0 Å². The van der Waals surface area contributed by atoms with E-state index in [1.54, 1.807) is 38.5 Å². The molecule has 0 radical (unpaired) electrons. The van der Waals surface area contributed by atoms with Crippen LogP contribution < -0.4 is 5.32 Å². The summed E-state index contributed by atoms with van der Waals surface area (Å²) in [4.78, 5) is 5.54. The molecule has 0 aromatic rings. The van der Waals surface area contributed by atoms with Gasteiger partial charge in [0, 0.05) is 38.8 Å². The molecule has 138 valence electrons. The molecule has 0 aromatic heterocycles. The Morgan fingerprint density at radius 1 is 0.875 bits per heavy atom. The van der Waals surface area contributed by atoms with E-state index < -0.39 is 0 Å². The molecule has 4 heteroatoms. The minimum atomic E-state index is 0. The lowest BCUT2D eigenvalue weighted by Crippen LogP contribution is -2.52. The molecule has 24 heavy (non-hydrogen) atoms. The molecule has 2 heterocycles. The van der Waals surface area contributed by atoms with Crippen molar-refractivity contribution in [1.29, 1.82) is 0 Å². The summed E-state index contributed by atoms with van der Waals surface area (Å²) < 4.78 is 0. The summed E-state index contributed by atoms with van der Waals surface area (Å²) in [5.41, 5.74) is 0.779. The van der Waals surface area contributed by atoms with Crippen LogP contribution in [0.5, 0.6) is 0 Å². The lowest BCUT2D eigenvalue weighted by molar-refractivity contribution is -0.0625. The molecular formula is C20H36ClN3. The predicted octanol–water partition coefficient (Wildman–Crippen LogP) is 2.99. The molecule has 0 spiro atoms. The summed E-state index contributed by atoms with van der Waals surface area (Å²) in [5, 5.41) is 3.53. The van der Waals surface area contributed by atoms with Crippen LogP contribution in [-0.4, -0.2) is 61.7 Å². The van der Waals surface area contributed by atoms with Crippen molar-refractivity contribution in [2.45, 2.75) is 57.4 Å². The Bertz CT molecular complexity index is 391. The van der Waals surface area contributed by atoms with Crippen molar-refractivity contribution in [3.63, 3.8) is 0 Å². The Morgan fingerprint density at radius 3 is 2.04 bits per heavy atom. The zero-order chi connectivity index (χ0) is 15.3. The van der Waals surface area contributed by atoms with Crippen molar-refractivity contribution in [3.05, 3.63) is 0 Å². The van der Waals surface area contributed by atoms with Gasteiger partial charge >= 0.3 is 0 Å². The first-order valence-electron chi connectivity index (χ1n) is 10.5. The molecule has 6 rings (SSSR count). The summed E-state index contributed by atoms with van der Waals surface area (Å²) in [7, 11) is 0. The Hall–Kier alpha value is 0.170. The highest BCUT2D eigenvalue weighted by Gasteiger charge is 2.50. The smallest absolute Gasteiger partial charge is 0.0233 e. The highest BCUT2D eigenvalue weighted by Crippen LogP contribution is 2.61. The van der Waals surface area contributed by atoms with Gasteiger partial charge in [-0.25, -0.2) is 0 Å². The van der Waals surface area contributed by atoms with E-state index in [2.05, 4.69) is 15.1 Å². The third kappa shape index (κ3) is 3.39. The second-order valence-corrected chi connectivity index (χ2v) is 9.69. The summed E-state index contributed by atoms with van der Waals surface area (Å²) in [5.74, 6) is 3.36. The van der Waals surface area contributed by atoms with Crippen molar-refractivity contribution in [3.8, 4) is 0 Å². The maximum Gasteiger partial charge on any atom is 0.0233 e. The van der Waals surface area contributed by atoms with Gasteiger partial charge in [-0.3, -0.25) is 4.90 Å². The fourth-order valence-electron chi connectivity index (χ4n) is 7.29. The third-order valence-corrected chi connectivity index (χ3v) is 8.08. The van der Waals surface area contributed by atoms with E-state index in [4.69, 9.17) is 0 Å². The van der Waals surface area contributed by atoms with Crippen molar-refractivity contribution >= 4 is 12.4 Å². The molecule has 3 nitrogen and oxygen atoms in total. The van der Waals surface area contributed by atoms with Crippen molar-refractivity contribution in [1.82, 2.24) is 15.1 Å². The van der Waals surface area contributed by atoms with Crippen molar-refractivity contribution in [2.24, 2.45) is 23.2 Å². The number of nitrogens with zero attached hydrogens (tertiary/aromatic N) is 2. The quantitative estimate of drug-likeness (QED) is 0.838. The molecule has 4 saturated carbocycles. The maximum absolute atomic E-state index is 3.53. The molecule has 1 unspecified atom stereocenters. The third-order valence-electron chi connectivity index (χ3n) is 8.08. The van der Waals surface area contributed by atoms with Crippen LogP contribution in [0.25, 0.3) is 0 Å². The van der Waals surface area contributed by atoms with E-state index in [1.807, 2.05) is 0 Å². The maximum atomic E-state index is 3.53. The topological polar surface area (TPSA) is 18.5 Å². The van der Waals surface area contributed by atoms with Gasteiger partial charge in [0.25, 0.3) is 0 Å². The van der Waals surface area contributed by atoms with E-state index in [9.17, 15) is 0 Å². The number of hydrogen-bond acceptors (Lipinski definition) is 3. The molecule has 0 amide bonds. The number of hydrogen-bond donors (Lipinski definition) is 1. The highest BCUT2D eigenvalue weighted by molar-refractivity contribution is 5.85. The van der Waals surface area contributed by atoms with Crippen LogP contribution in [0.15, 0.2) is 0 Å². The fourth-order valence-corrected chi connectivity index (χ4v) is 7.29. The number of piperazine rings is 1. The molecule has 4 bridgehead atoms. The first-order valence-corrected chi connectivity index (χ1v) is 10.5. The molecular weight excluding hydrogens is 318 g/mol. The normalized spacial score (nSPS) is 45.5. The summed E-state index contributed by atoms with van der Waals surface area (Å²) in [6.07, 6.45) is 12.4. The van der Waals surface area contributed by atoms with Crippen LogP contribution in [0.4, 0.5) is 0 Å². The summed E-state index contributed by atoms with van der Waals surface area (Å²) in [6.45, 7) is 9.12. The molecule has 4 aliphatic carbocycles. The lowest BCUT2D eigenvalue weighted by atomic mass is 9.49. The average Bonchev–Trinajstić information content (AvgIpc) is 3.07. The Kier molecular flexibility index (Phi) is 5.17. The van der Waals surface area contributed by atoms with E-state index in [1.165, 1.54) is 58.7 Å². The van der Waals surface area contributed by atoms with Crippen molar-refractivity contribution < 1.29 is 0 Å². The Labute approximate surface area is 154 Å². The van der Waals surface area contributed by atoms with Crippen LogP contribution in [0, 0.1) is 23.2 Å². The molecule has 6 fully saturated rings. The molecule has 6 aliphatic rings. The van der Waals surface area contributed by atoms with E-state index >= 15 is 0 Å². The lowest BCUT2D eigenvalue weighted by Gasteiger charge is -2.57. The Balaban J connectivity index is 0.00000146. The second-order valence-electron chi connectivity index (χ2n) is 9.69. The second kappa shape index (κ2) is 7.06. The molecule has 0 aromatic carbocycles. The van der Waals surface area contributed by atoms with Gasteiger partial charge in [0.05, 0.1) is 0 Å². The van der Waals surface area contributed by atoms with E-state index in [-0.39, 0.29) is 12.4 Å². The minimum Gasteiger partial charge on any atom is -0.315 e. The zero-order valence-electron chi connectivity index (χ0n) is 15.2. The number of rotatable bonds is 4. The van der Waals surface area contributed by atoms with Crippen LogP contribution in [0.2, 0.25) is 0 Å². The van der Waals surface area contributed by atoms with Gasteiger partial charge in [-0.05, 0) is 87.6 Å². The largest absolute Gasteiger partial charge is 0.315 e. The van der Waals surface area contributed by atoms with Gasteiger partial charge in [0.1, 0.15) is 0 Å². The highest BCUT2D eigenvalue weighted by atomic mass is 35.5. The standard InChI is InChI=1S/C20H35N3.ClH/c1-3-21-15-19(1)23-7-5-22(6-8-23)4-2-20-12-16-9-17(13-20)11-18(10-16)14-20;/h16-19,21H,1-15H2;1H. The minimum absolute atomic E-state index is 0. The van der Waals surface area contributed by atoms with Crippen LogP contribution >= 0.6 is 12.4 Å². The van der Waals surface area contributed by atoms with E-state index in [0.29, 0.717) is 0 Å². The molecule has 2 saturated heterocycles. The van der Waals surface area contributed by atoms with Gasteiger partial charge < -0.3 is 10.2 Å². The SMILES string of the molecule is C1CC(N2CCN(CCC34CC5CC(CC(C5)C3)C4)CC2)CN1.Cl. The first kappa shape index (κ1) is 17.6. The number of nitrogens with one attached hydrogen (secondary N) is 1. The Morgan fingerprint density at radius 2 is 1.50 bits per heavy atom. The van der Waals surface area contributed by atoms with Gasteiger partial charge in [-0.15, -0.1) is 12.4 Å². The van der Waals surface area contributed by atoms with Gasteiger partial charge in [-0.2, -0.15) is 0 Å². The van der Waals surface area contributed by atoms with Crippen LogP contribution in [0.3, 0.4) is 0 Å². The van der Waals surface area contributed by atoms with Gasteiger partial charge in [-0.1, -0.05) is 0 Å². The fraction of sp³-hybridized carbons (Fsp3) is 1.00. The van der Waals surface area contributed by atoms with Crippen LogP contribution in [-0.2, 0) is 0 Å². The summed E-state index contributed by atoms with van der Waals surface area (Å²) >= 11 is 0. The monoisotopic (exact) mass is 353 g/mol. The van der Waals surface area contributed by atoms with Crippen molar-refractivity contribution in [2.75, 3.05) is 45.8 Å². The van der Waals surface area contributed by atoms with E-state index in [0.717, 1.165) is 29.2 Å². The first-order chi connectivity index (χ1) is 11.3. The molecule has 2 aliphatic heterocycles. The zero-order valence-corrected chi connectivity index (χ0v) is 16.0. The molecule has 1 atom stereocenters. The number of halogens is 1. The van der Waals surface area contributed by atoms with Crippen LogP contribution in [0.1, 0.15) is 51.4 Å². The molecule has 1 N–H and O–H groups in total.